The number of hydrogen-bond donors (Lipinski definition) is 2. The third kappa shape index (κ3) is 3.64. The number of rotatable bonds is 3. The molecule has 2 atom stereocenters. The van der Waals surface area contributed by atoms with Crippen LogP contribution in [0.15, 0.2) is 0 Å². The molecule has 2 fully saturated rings. The Hall–Kier alpha value is -0.170. The van der Waals surface area contributed by atoms with Crippen molar-refractivity contribution in [2.45, 2.75) is 38.6 Å². The van der Waals surface area contributed by atoms with Crippen molar-refractivity contribution in [3.05, 3.63) is 0 Å². The molecule has 0 aliphatic carbocycles. The Kier molecular flexibility index (Phi) is 4.41. The van der Waals surface area contributed by atoms with Gasteiger partial charge >= 0.3 is 0 Å². The molecule has 0 aromatic carbocycles. The van der Waals surface area contributed by atoms with Gasteiger partial charge in [-0.25, -0.2) is 0 Å². The van der Waals surface area contributed by atoms with Crippen LogP contribution < -0.4 is 10.0 Å². The third-order valence-corrected chi connectivity index (χ3v) is 5.21. The highest BCUT2D eigenvalue weighted by atomic mass is 32.2. The van der Waals surface area contributed by atoms with Gasteiger partial charge in [-0.05, 0) is 38.1 Å². The predicted octanol–water partition coefficient (Wildman–Crippen LogP) is 0.305. The van der Waals surface area contributed by atoms with Gasteiger partial charge in [-0.1, -0.05) is 6.92 Å². The summed E-state index contributed by atoms with van der Waals surface area (Å²) in [5, 5.41) is 3.22. The molecule has 0 amide bonds. The molecule has 0 saturated carbocycles. The summed E-state index contributed by atoms with van der Waals surface area (Å²) in [5.41, 5.74) is 0. The molecular formula is C11H23N3O2S. The van der Waals surface area contributed by atoms with Crippen molar-refractivity contribution in [1.82, 2.24) is 14.3 Å². The van der Waals surface area contributed by atoms with Gasteiger partial charge in [-0.3, -0.25) is 0 Å². The molecule has 2 heterocycles. The molecule has 2 rings (SSSR count). The molecule has 0 aromatic rings. The zero-order chi connectivity index (χ0) is 12.3. The van der Waals surface area contributed by atoms with E-state index in [4.69, 9.17) is 0 Å². The second-order valence-electron chi connectivity index (χ2n) is 5.27. The van der Waals surface area contributed by atoms with E-state index in [-0.39, 0.29) is 6.04 Å². The minimum absolute atomic E-state index is 0.0611. The lowest BCUT2D eigenvalue weighted by atomic mass is 10.0. The van der Waals surface area contributed by atoms with Gasteiger partial charge in [-0.15, -0.1) is 0 Å². The van der Waals surface area contributed by atoms with Crippen LogP contribution in [0, 0.1) is 5.92 Å². The fourth-order valence-electron chi connectivity index (χ4n) is 2.60. The summed E-state index contributed by atoms with van der Waals surface area (Å²) in [6, 6.07) is 0.0611. The highest BCUT2D eigenvalue weighted by Crippen LogP contribution is 2.18. The molecule has 0 radical (unpaired) electrons. The molecule has 2 N–H and O–H groups in total. The normalized spacial score (nSPS) is 32.5. The quantitative estimate of drug-likeness (QED) is 0.768. The maximum atomic E-state index is 12.2. The van der Waals surface area contributed by atoms with Crippen molar-refractivity contribution in [2.24, 2.45) is 5.92 Å². The van der Waals surface area contributed by atoms with Gasteiger partial charge in [0, 0.05) is 25.7 Å². The summed E-state index contributed by atoms with van der Waals surface area (Å²) in [4.78, 5) is 0. The first kappa shape index (κ1) is 13.3. The SMILES string of the molecule is CC1CCCN(S(=O)(=O)N[C@@H]2CCCNC2)C1. The predicted molar refractivity (Wildman–Crippen MR) is 67.9 cm³/mol. The lowest BCUT2D eigenvalue weighted by Gasteiger charge is -2.32. The maximum Gasteiger partial charge on any atom is 0.279 e. The lowest BCUT2D eigenvalue weighted by Crippen LogP contribution is -2.52. The van der Waals surface area contributed by atoms with Gasteiger partial charge in [0.15, 0.2) is 0 Å². The van der Waals surface area contributed by atoms with Crippen molar-refractivity contribution >= 4 is 10.2 Å². The van der Waals surface area contributed by atoms with Crippen molar-refractivity contribution < 1.29 is 8.42 Å². The van der Waals surface area contributed by atoms with Gasteiger partial charge in [0.1, 0.15) is 0 Å². The van der Waals surface area contributed by atoms with E-state index in [9.17, 15) is 8.42 Å². The van der Waals surface area contributed by atoms with Crippen LogP contribution in [0.25, 0.3) is 0 Å². The fourth-order valence-corrected chi connectivity index (χ4v) is 4.19. The Bertz CT molecular complexity index is 339. The smallest absolute Gasteiger partial charge is 0.279 e. The summed E-state index contributed by atoms with van der Waals surface area (Å²) in [6.07, 6.45) is 4.10. The van der Waals surface area contributed by atoms with Crippen molar-refractivity contribution in [3.63, 3.8) is 0 Å². The molecule has 6 heteroatoms. The van der Waals surface area contributed by atoms with Gasteiger partial charge in [-0.2, -0.15) is 17.4 Å². The summed E-state index contributed by atoms with van der Waals surface area (Å²) < 4.78 is 28.8. The first-order chi connectivity index (χ1) is 8.08. The first-order valence-electron chi connectivity index (χ1n) is 6.56. The first-order valence-corrected chi connectivity index (χ1v) is 8.00. The van der Waals surface area contributed by atoms with Crippen molar-refractivity contribution in [3.8, 4) is 0 Å². The Morgan fingerprint density at radius 3 is 2.76 bits per heavy atom. The van der Waals surface area contributed by atoms with Crippen LogP contribution in [0.3, 0.4) is 0 Å². The van der Waals surface area contributed by atoms with Crippen LogP contribution in [0.4, 0.5) is 0 Å². The third-order valence-electron chi connectivity index (χ3n) is 3.57. The number of nitrogens with one attached hydrogen (secondary N) is 2. The van der Waals surface area contributed by atoms with Crippen molar-refractivity contribution in [2.75, 3.05) is 26.2 Å². The second-order valence-corrected chi connectivity index (χ2v) is 6.97. The van der Waals surface area contributed by atoms with Crippen molar-refractivity contribution in [1.29, 1.82) is 0 Å². The van der Waals surface area contributed by atoms with Crippen LogP contribution in [-0.4, -0.2) is 44.9 Å². The van der Waals surface area contributed by atoms with E-state index in [1.807, 2.05) is 0 Å². The number of nitrogens with zero attached hydrogens (tertiary/aromatic N) is 1. The summed E-state index contributed by atoms with van der Waals surface area (Å²) in [5.74, 6) is 0.477. The molecule has 0 spiro atoms. The highest BCUT2D eigenvalue weighted by Gasteiger charge is 2.29. The van der Waals surface area contributed by atoms with Gasteiger partial charge in [0.2, 0.25) is 0 Å². The Balaban J connectivity index is 1.92. The molecular weight excluding hydrogens is 238 g/mol. The van der Waals surface area contributed by atoms with E-state index >= 15 is 0 Å². The van der Waals surface area contributed by atoms with E-state index in [1.165, 1.54) is 0 Å². The molecule has 2 saturated heterocycles. The lowest BCUT2D eigenvalue weighted by molar-refractivity contribution is 0.274. The monoisotopic (exact) mass is 261 g/mol. The van der Waals surface area contributed by atoms with E-state index < -0.39 is 10.2 Å². The summed E-state index contributed by atoms with van der Waals surface area (Å²) in [6.45, 7) is 5.20. The molecule has 100 valence electrons. The molecule has 0 aromatic heterocycles. The van der Waals surface area contributed by atoms with Crippen LogP contribution in [0.1, 0.15) is 32.6 Å². The Labute approximate surface area is 104 Å². The minimum atomic E-state index is -3.27. The average molecular weight is 261 g/mol. The topological polar surface area (TPSA) is 61.4 Å². The van der Waals surface area contributed by atoms with E-state index in [0.29, 0.717) is 19.0 Å². The van der Waals surface area contributed by atoms with Gasteiger partial charge < -0.3 is 5.32 Å². The Morgan fingerprint density at radius 1 is 1.29 bits per heavy atom. The summed E-state index contributed by atoms with van der Waals surface area (Å²) >= 11 is 0. The molecule has 5 nitrogen and oxygen atoms in total. The standard InChI is InChI=1S/C11H23N3O2S/c1-10-4-3-7-14(9-10)17(15,16)13-11-5-2-6-12-8-11/h10-13H,2-9H2,1H3/t10?,11-/m1/s1. The van der Waals surface area contributed by atoms with Crippen LogP contribution in [0.5, 0.6) is 0 Å². The molecule has 2 aliphatic heterocycles. The molecule has 2 aliphatic rings. The molecule has 17 heavy (non-hydrogen) atoms. The Morgan fingerprint density at radius 2 is 2.12 bits per heavy atom. The van der Waals surface area contributed by atoms with Crippen LogP contribution in [0.2, 0.25) is 0 Å². The van der Waals surface area contributed by atoms with Crippen LogP contribution >= 0.6 is 0 Å². The van der Waals surface area contributed by atoms with Crippen LogP contribution in [-0.2, 0) is 10.2 Å². The van der Waals surface area contributed by atoms with E-state index in [1.54, 1.807) is 4.31 Å². The number of piperidine rings is 2. The largest absolute Gasteiger partial charge is 0.315 e. The molecule has 0 bridgehead atoms. The minimum Gasteiger partial charge on any atom is -0.315 e. The van der Waals surface area contributed by atoms with Gasteiger partial charge in [0.05, 0.1) is 0 Å². The number of hydrogen-bond acceptors (Lipinski definition) is 3. The average Bonchev–Trinajstić information content (AvgIpc) is 2.30. The van der Waals surface area contributed by atoms with E-state index in [0.717, 1.165) is 38.8 Å². The highest BCUT2D eigenvalue weighted by molar-refractivity contribution is 7.87. The molecule has 1 unspecified atom stereocenters. The van der Waals surface area contributed by atoms with E-state index in [2.05, 4.69) is 17.0 Å². The zero-order valence-electron chi connectivity index (χ0n) is 10.5. The fraction of sp³-hybridized carbons (Fsp3) is 1.00. The second kappa shape index (κ2) is 5.65. The van der Waals surface area contributed by atoms with Gasteiger partial charge in [0.25, 0.3) is 10.2 Å². The zero-order valence-corrected chi connectivity index (χ0v) is 11.3. The maximum absolute atomic E-state index is 12.2. The summed E-state index contributed by atoms with van der Waals surface area (Å²) in [7, 11) is -3.27.